The predicted octanol–water partition coefficient (Wildman–Crippen LogP) is 2.71. The fraction of sp³-hybridized carbons (Fsp3) is 0.455. The first-order valence-corrected chi connectivity index (χ1v) is 4.93. The summed E-state index contributed by atoms with van der Waals surface area (Å²) in [6, 6.07) is 7.62. The SMILES string of the molecule is Cc1ccc(OC(C)(C)C(O)Cl)cc1. The van der Waals surface area contributed by atoms with Crippen LogP contribution in [-0.4, -0.2) is 16.3 Å². The van der Waals surface area contributed by atoms with Crippen molar-refractivity contribution in [2.45, 2.75) is 31.9 Å². The minimum atomic E-state index is -1.02. The maximum atomic E-state index is 9.24. The van der Waals surface area contributed by atoms with E-state index in [1.165, 1.54) is 5.56 Å². The average molecular weight is 215 g/mol. The molecule has 0 aromatic heterocycles. The number of aryl methyl sites for hydroxylation is 1. The lowest BCUT2D eigenvalue weighted by Gasteiger charge is -2.27. The number of ether oxygens (including phenoxy) is 1. The molecule has 0 bridgehead atoms. The lowest BCUT2D eigenvalue weighted by atomic mass is 10.1. The Hall–Kier alpha value is -0.730. The van der Waals surface area contributed by atoms with Crippen LogP contribution in [0, 0.1) is 6.92 Å². The maximum absolute atomic E-state index is 9.24. The van der Waals surface area contributed by atoms with Crippen LogP contribution in [0.4, 0.5) is 0 Å². The summed E-state index contributed by atoms with van der Waals surface area (Å²) in [6.07, 6.45) is 0. The van der Waals surface area contributed by atoms with Crippen molar-refractivity contribution in [3.63, 3.8) is 0 Å². The van der Waals surface area contributed by atoms with Crippen LogP contribution < -0.4 is 4.74 Å². The van der Waals surface area contributed by atoms with Crippen molar-refractivity contribution in [2.75, 3.05) is 0 Å². The normalized spacial score (nSPS) is 13.8. The highest BCUT2D eigenvalue weighted by atomic mass is 35.5. The Balaban J connectivity index is 2.74. The van der Waals surface area contributed by atoms with Gasteiger partial charge in [-0.15, -0.1) is 0 Å². The van der Waals surface area contributed by atoms with Crippen LogP contribution in [-0.2, 0) is 0 Å². The zero-order valence-electron chi connectivity index (χ0n) is 8.62. The van der Waals surface area contributed by atoms with Gasteiger partial charge in [-0.2, -0.15) is 0 Å². The van der Waals surface area contributed by atoms with Gasteiger partial charge < -0.3 is 9.84 Å². The summed E-state index contributed by atoms with van der Waals surface area (Å²) in [5.74, 6) is 0.709. The second-order valence-corrected chi connectivity index (χ2v) is 4.27. The van der Waals surface area contributed by atoms with E-state index < -0.39 is 11.2 Å². The van der Waals surface area contributed by atoms with Gasteiger partial charge in [0.15, 0.2) is 5.56 Å². The van der Waals surface area contributed by atoms with Crippen molar-refractivity contribution >= 4 is 11.6 Å². The van der Waals surface area contributed by atoms with Gasteiger partial charge in [0.05, 0.1) is 0 Å². The maximum Gasteiger partial charge on any atom is 0.166 e. The summed E-state index contributed by atoms with van der Waals surface area (Å²) < 4.78 is 5.54. The van der Waals surface area contributed by atoms with Crippen molar-refractivity contribution in [3.05, 3.63) is 29.8 Å². The lowest BCUT2D eigenvalue weighted by molar-refractivity contribution is 0.0167. The molecule has 0 aliphatic carbocycles. The van der Waals surface area contributed by atoms with Gasteiger partial charge in [0, 0.05) is 0 Å². The third-order valence-electron chi connectivity index (χ3n) is 1.98. The molecule has 3 heteroatoms. The van der Waals surface area contributed by atoms with Crippen LogP contribution >= 0.6 is 11.6 Å². The molecule has 1 unspecified atom stereocenters. The Morgan fingerprint density at radius 1 is 1.29 bits per heavy atom. The number of aliphatic hydroxyl groups excluding tert-OH is 1. The number of hydrogen-bond donors (Lipinski definition) is 1. The van der Waals surface area contributed by atoms with E-state index in [4.69, 9.17) is 16.3 Å². The lowest BCUT2D eigenvalue weighted by Crippen LogP contribution is -2.38. The molecule has 1 rings (SSSR count). The van der Waals surface area contributed by atoms with Crippen molar-refractivity contribution in [1.29, 1.82) is 0 Å². The topological polar surface area (TPSA) is 29.5 Å². The van der Waals surface area contributed by atoms with Crippen LogP contribution in [0.2, 0.25) is 0 Å². The number of alkyl halides is 1. The second-order valence-electron chi connectivity index (χ2n) is 3.85. The van der Waals surface area contributed by atoms with E-state index in [1.807, 2.05) is 31.2 Å². The smallest absolute Gasteiger partial charge is 0.166 e. The predicted molar refractivity (Wildman–Crippen MR) is 57.7 cm³/mol. The molecule has 0 saturated heterocycles. The molecular weight excluding hydrogens is 200 g/mol. The van der Waals surface area contributed by atoms with Crippen molar-refractivity contribution in [2.24, 2.45) is 0 Å². The van der Waals surface area contributed by atoms with E-state index in [0.717, 1.165) is 0 Å². The van der Waals surface area contributed by atoms with Crippen LogP contribution in [0.5, 0.6) is 5.75 Å². The largest absolute Gasteiger partial charge is 0.484 e. The number of benzene rings is 1. The zero-order chi connectivity index (χ0) is 10.8. The molecule has 1 atom stereocenters. The minimum Gasteiger partial charge on any atom is -0.484 e. The highest BCUT2D eigenvalue weighted by molar-refractivity contribution is 6.20. The monoisotopic (exact) mass is 214 g/mol. The molecule has 0 fully saturated rings. The van der Waals surface area contributed by atoms with Crippen molar-refractivity contribution in [1.82, 2.24) is 0 Å². The zero-order valence-corrected chi connectivity index (χ0v) is 9.38. The van der Waals surface area contributed by atoms with E-state index >= 15 is 0 Å². The summed E-state index contributed by atoms with van der Waals surface area (Å²) in [6.45, 7) is 5.49. The van der Waals surface area contributed by atoms with Gasteiger partial charge in [-0.3, -0.25) is 0 Å². The van der Waals surface area contributed by atoms with Crippen molar-refractivity contribution < 1.29 is 9.84 Å². The first kappa shape index (κ1) is 11.3. The average Bonchev–Trinajstić information content (AvgIpc) is 2.08. The third kappa shape index (κ3) is 2.89. The van der Waals surface area contributed by atoms with Crippen LogP contribution in [0.1, 0.15) is 19.4 Å². The molecule has 1 aromatic carbocycles. The Bertz CT molecular complexity index is 291. The number of hydrogen-bond acceptors (Lipinski definition) is 2. The molecule has 1 N–H and O–H groups in total. The van der Waals surface area contributed by atoms with Crippen molar-refractivity contribution in [3.8, 4) is 5.75 Å². The molecule has 0 aliphatic heterocycles. The van der Waals surface area contributed by atoms with Gasteiger partial charge in [0.1, 0.15) is 11.4 Å². The molecule has 0 saturated carbocycles. The van der Waals surface area contributed by atoms with Gasteiger partial charge in [-0.05, 0) is 32.9 Å². The van der Waals surface area contributed by atoms with E-state index in [1.54, 1.807) is 13.8 Å². The number of rotatable bonds is 3. The fourth-order valence-electron chi connectivity index (χ4n) is 0.959. The molecule has 0 aliphatic rings. The molecule has 0 amide bonds. The molecule has 2 nitrogen and oxygen atoms in total. The summed E-state index contributed by atoms with van der Waals surface area (Å²) in [4.78, 5) is 0. The molecular formula is C11H15ClO2. The van der Waals surface area contributed by atoms with E-state index in [9.17, 15) is 5.11 Å². The fourth-order valence-corrected chi connectivity index (χ4v) is 1.00. The van der Waals surface area contributed by atoms with E-state index in [2.05, 4.69) is 0 Å². The van der Waals surface area contributed by atoms with Gasteiger partial charge in [0.25, 0.3) is 0 Å². The summed E-state index contributed by atoms with van der Waals surface area (Å²) in [5, 5.41) is 9.24. The summed E-state index contributed by atoms with van der Waals surface area (Å²) >= 11 is 5.58. The third-order valence-corrected chi connectivity index (χ3v) is 2.50. The number of halogens is 1. The Kier molecular flexibility index (Phi) is 3.40. The van der Waals surface area contributed by atoms with E-state index in [0.29, 0.717) is 5.75 Å². The first-order valence-electron chi connectivity index (χ1n) is 4.49. The Morgan fingerprint density at radius 3 is 2.21 bits per heavy atom. The van der Waals surface area contributed by atoms with Gasteiger partial charge >= 0.3 is 0 Å². The van der Waals surface area contributed by atoms with Gasteiger partial charge in [-0.1, -0.05) is 29.3 Å². The standard InChI is InChI=1S/C11H15ClO2/c1-8-4-6-9(7-5-8)14-11(2,3)10(12)13/h4-7,10,13H,1-3H3. The highest BCUT2D eigenvalue weighted by Gasteiger charge is 2.28. The molecule has 0 spiro atoms. The molecule has 0 heterocycles. The van der Waals surface area contributed by atoms with Crippen LogP contribution in [0.15, 0.2) is 24.3 Å². The van der Waals surface area contributed by atoms with Crippen LogP contribution in [0.3, 0.4) is 0 Å². The second kappa shape index (κ2) is 4.20. The number of aliphatic hydroxyl groups is 1. The quantitative estimate of drug-likeness (QED) is 0.784. The molecule has 14 heavy (non-hydrogen) atoms. The van der Waals surface area contributed by atoms with Crippen LogP contribution in [0.25, 0.3) is 0 Å². The molecule has 1 aromatic rings. The summed E-state index contributed by atoms with van der Waals surface area (Å²) in [7, 11) is 0. The minimum absolute atomic E-state index is 0.709. The highest BCUT2D eigenvalue weighted by Crippen LogP contribution is 2.23. The Morgan fingerprint density at radius 2 is 1.79 bits per heavy atom. The van der Waals surface area contributed by atoms with Gasteiger partial charge in [0.2, 0.25) is 0 Å². The summed E-state index contributed by atoms with van der Waals surface area (Å²) in [5.41, 5.74) is -0.637. The van der Waals surface area contributed by atoms with E-state index in [-0.39, 0.29) is 0 Å². The molecule has 0 radical (unpaired) electrons. The van der Waals surface area contributed by atoms with Gasteiger partial charge in [-0.25, -0.2) is 0 Å². The molecule has 78 valence electrons. The first-order chi connectivity index (χ1) is 6.42. The Labute approximate surface area is 89.5 Å².